The average molecular weight is 319 g/mol. The molecule has 8 nitrogen and oxygen atoms in total. The molecule has 9 heteroatoms. The average Bonchev–Trinajstić information content (AvgIpc) is 2.25. The van der Waals surface area contributed by atoms with Gasteiger partial charge in [0.15, 0.2) is 15.1 Å². The maximum atomic E-state index is 11.8. The molecule has 0 aromatic rings. The van der Waals surface area contributed by atoms with Crippen LogP contribution in [0.3, 0.4) is 0 Å². The van der Waals surface area contributed by atoms with Crippen LogP contribution in [0, 0.1) is 11.3 Å². The Hall–Kier alpha value is -1.82. The second-order valence-electron chi connectivity index (χ2n) is 5.40. The fraction of sp³-hybridized carbons (Fsp3) is 0.750. The van der Waals surface area contributed by atoms with Gasteiger partial charge in [0, 0.05) is 19.3 Å². The molecular weight excluding hydrogens is 298 g/mol. The Morgan fingerprint density at radius 2 is 1.86 bits per heavy atom. The van der Waals surface area contributed by atoms with Crippen LogP contribution in [0.2, 0.25) is 0 Å². The third-order valence-corrected chi connectivity index (χ3v) is 3.59. The minimum atomic E-state index is -3.71. The van der Waals surface area contributed by atoms with E-state index in [9.17, 15) is 18.0 Å². The summed E-state index contributed by atoms with van der Waals surface area (Å²) in [6, 6.07) is 1.82. The molecule has 0 aromatic heterocycles. The first-order valence-corrected chi connectivity index (χ1v) is 8.23. The number of amides is 2. The first-order chi connectivity index (χ1) is 9.47. The van der Waals surface area contributed by atoms with Crippen LogP contribution in [0.15, 0.2) is 0 Å². The zero-order chi connectivity index (χ0) is 16.7. The van der Waals surface area contributed by atoms with E-state index in [2.05, 4.69) is 10.6 Å². The largest absolute Gasteiger partial charge is 0.444 e. The molecule has 0 aliphatic heterocycles. The second-order valence-corrected chi connectivity index (χ2v) is 7.63. The SMILES string of the molecule is CC(C)(C)OC(=O)NCC(C(=O)NCCC#N)S(C)(=O)=O. The topological polar surface area (TPSA) is 125 Å². The molecular formula is C12H21N3O5S. The van der Waals surface area contributed by atoms with Crippen LogP contribution in [-0.2, 0) is 19.4 Å². The lowest BCUT2D eigenvalue weighted by Gasteiger charge is -2.21. The zero-order valence-electron chi connectivity index (χ0n) is 12.6. The van der Waals surface area contributed by atoms with Gasteiger partial charge in [-0.05, 0) is 20.8 Å². The molecule has 21 heavy (non-hydrogen) atoms. The first-order valence-electron chi connectivity index (χ1n) is 6.27. The van der Waals surface area contributed by atoms with Gasteiger partial charge in [-0.1, -0.05) is 0 Å². The molecule has 0 radical (unpaired) electrons. The number of hydrogen-bond donors (Lipinski definition) is 2. The van der Waals surface area contributed by atoms with Gasteiger partial charge in [0.25, 0.3) is 0 Å². The third-order valence-electron chi connectivity index (χ3n) is 2.18. The fourth-order valence-corrected chi connectivity index (χ4v) is 2.14. The van der Waals surface area contributed by atoms with Crippen molar-refractivity contribution in [1.29, 1.82) is 5.26 Å². The van der Waals surface area contributed by atoms with Crippen molar-refractivity contribution in [2.24, 2.45) is 0 Å². The molecule has 1 unspecified atom stereocenters. The Bertz CT molecular complexity index is 516. The summed E-state index contributed by atoms with van der Waals surface area (Å²) >= 11 is 0. The highest BCUT2D eigenvalue weighted by molar-refractivity contribution is 7.92. The summed E-state index contributed by atoms with van der Waals surface area (Å²) in [7, 11) is -3.71. The predicted molar refractivity (Wildman–Crippen MR) is 76.1 cm³/mol. The van der Waals surface area contributed by atoms with E-state index in [0.29, 0.717) is 0 Å². The molecule has 0 bridgehead atoms. The number of alkyl carbamates (subject to hydrolysis) is 1. The van der Waals surface area contributed by atoms with Crippen molar-refractivity contribution in [2.75, 3.05) is 19.3 Å². The lowest BCUT2D eigenvalue weighted by Crippen LogP contribution is -2.47. The number of ether oxygens (including phenoxy) is 1. The summed E-state index contributed by atoms with van der Waals surface area (Å²) in [6.45, 7) is 4.64. The molecule has 2 amide bonds. The van der Waals surface area contributed by atoms with Crippen LogP contribution in [0.1, 0.15) is 27.2 Å². The number of nitrogens with zero attached hydrogens (tertiary/aromatic N) is 1. The lowest BCUT2D eigenvalue weighted by molar-refractivity contribution is -0.120. The van der Waals surface area contributed by atoms with Gasteiger partial charge in [0.05, 0.1) is 12.5 Å². The van der Waals surface area contributed by atoms with Crippen LogP contribution < -0.4 is 10.6 Å². The van der Waals surface area contributed by atoms with Crippen LogP contribution in [0.25, 0.3) is 0 Å². The Balaban J connectivity index is 4.64. The number of rotatable bonds is 6. The normalized spacial score (nSPS) is 12.9. The van der Waals surface area contributed by atoms with Gasteiger partial charge in [-0.15, -0.1) is 0 Å². The number of nitrogens with one attached hydrogen (secondary N) is 2. The monoisotopic (exact) mass is 319 g/mol. The number of hydrogen-bond acceptors (Lipinski definition) is 6. The van der Waals surface area contributed by atoms with E-state index < -0.39 is 39.2 Å². The van der Waals surface area contributed by atoms with Crippen LogP contribution in [0.5, 0.6) is 0 Å². The number of nitriles is 1. The maximum absolute atomic E-state index is 11.8. The minimum absolute atomic E-state index is 0.0494. The highest BCUT2D eigenvalue weighted by atomic mass is 32.2. The predicted octanol–water partition coefficient (Wildman–Crippen LogP) is -0.0458. The van der Waals surface area contributed by atoms with Gasteiger partial charge in [-0.2, -0.15) is 5.26 Å². The van der Waals surface area contributed by atoms with Crippen molar-refractivity contribution in [2.45, 2.75) is 38.0 Å². The van der Waals surface area contributed by atoms with Gasteiger partial charge in [-0.3, -0.25) is 4.79 Å². The third kappa shape index (κ3) is 8.86. The van der Waals surface area contributed by atoms with Crippen molar-refractivity contribution < 1.29 is 22.7 Å². The number of carbonyl (C=O) groups is 2. The van der Waals surface area contributed by atoms with Gasteiger partial charge >= 0.3 is 6.09 Å². The van der Waals surface area contributed by atoms with Crippen molar-refractivity contribution >= 4 is 21.8 Å². The molecule has 120 valence electrons. The molecule has 2 N–H and O–H groups in total. The highest BCUT2D eigenvalue weighted by Crippen LogP contribution is 2.07. The van der Waals surface area contributed by atoms with Gasteiger partial charge in [-0.25, -0.2) is 13.2 Å². The van der Waals surface area contributed by atoms with E-state index >= 15 is 0 Å². The van der Waals surface area contributed by atoms with Crippen LogP contribution in [0.4, 0.5) is 4.79 Å². The van der Waals surface area contributed by atoms with Crippen molar-refractivity contribution in [1.82, 2.24) is 10.6 Å². The number of sulfone groups is 1. The van der Waals surface area contributed by atoms with Crippen molar-refractivity contribution in [3.05, 3.63) is 0 Å². The Morgan fingerprint density at radius 1 is 1.29 bits per heavy atom. The van der Waals surface area contributed by atoms with E-state index in [1.807, 2.05) is 6.07 Å². The highest BCUT2D eigenvalue weighted by Gasteiger charge is 2.29. The standard InChI is InChI=1S/C12H21N3O5S/c1-12(2,3)20-11(17)15-8-9(21(4,18)19)10(16)14-7-5-6-13/h9H,5,7-8H2,1-4H3,(H,14,16)(H,15,17). The van der Waals surface area contributed by atoms with Crippen molar-refractivity contribution in [3.8, 4) is 6.07 Å². The van der Waals surface area contributed by atoms with E-state index in [0.717, 1.165) is 6.26 Å². The summed E-state index contributed by atoms with van der Waals surface area (Å²) in [5, 5.41) is 11.5. The van der Waals surface area contributed by atoms with Crippen LogP contribution in [-0.4, -0.2) is 50.6 Å². The Labute approximate surface area is 124 Å². The van der Waals surface area contributed by atoms with Gasteiger partial charge < -0.3 is 15.4 Å². The lowest BCUT2D eigenvalue weighted by atomic mass is 10.2. The smallest absolute Gasteiger partial charge is 0.407 e. The molecule has 0 spiro atoms. The zero-order valence-corrected chi connectivity index (χ0v) is 13.4. The van der Waals surface area contributed by atoms with Crippen molar-refractivity contribution in [3.63, 3.8) is 0 Å². The van der Waals surface area contributed by atoms with Gasteiger partial charge in [0.2, 0.25) is 5.91 Å². The molecule has 1 atom stereocenters. The Kier molecular flexibility index (Phi) is 7.15. The maximum Gasteiger partial charge on any atom is 0.407 e. The summed E-state index contributed by atoms with van der Waals surface area (Å²) in [6.07, 6.45) is 0.168. The summed E-state index contributed by atoms with van der Waals surface area (Å²) in [5.41, 5.74) is -0.722. The summed E-state index contributed by atoms with van der Waals surface area (Å²) in [5.74, 6) is -0.760. The van der Waals surface area contributed by atoms with E-state index in [-0.39, 0.29) is 13.0 Å². The first kappa shape index (κ1) is 19.2. The number of carbonyl (C=O) groups excluding carboxylic acids is 2. The van der Waals surface area contributed by atoms with E-state index in [4.69, 9.17) is 10.00 Å². The molecule has 0 aliphatic carbocycles. The molecule has 0 fully saturated rings. The van der Waals surface area contributed by atoms with Crippen LogP contribution >= 0.6 is 0 Å². The molecule has 0 aromatic carbocycles. The molecule has 0 saturated carbocycles. The van der Waals surface area contributed by atoms with E-state index in [1.54, 1.807) is 20.8 Å². The molecule has 0 saturated heterocycles. The minimum Gasteiger partial charge on any atom is -0.444 e. The second kappa shape index (κ2) is 7.83. The summed E-state index contributed by atoms with van der Waals surface area (Å²) in [4.78, 5) is 23.2. The molecule has 0 rings (SSSR count). The van der Waals surface area contributed by atoms with E-state index in [1.165, 1.54) is 0 Å². The quantitative estimate of drug-likeness (QED) is 0.661. The van der Waals surface area contributed by atoms with Gasteiger partial charge in [0.1, 0.15) is 5.60 Å². The molecule has 0 heterocycles. The summed E-state index contributed by atoms with van der Waals surface area (Å²) < 4.78 is 28.1. The molecule has 0 aliphatic rings. The fourth-order valence-electron chi connectivity index (χ4n) is 1.28. The Morgan fingerprint density at radius 3 is 2.29 bits per heavy atom.